The summed E-state index contributed by atoms with van der Waals surface area (Å²) in [5.41, 5.74) is 1.01. The smallest absolute Gasteiger partial charge is 0.335 e. The molecule has 1 saturated heterocycles. The van der Waals surface area contributed by atoms with Gasteiger partial charge in [0.15, 0.2) is 0 Å². The van der Waals surface area contributed by atoms with Gasteiger partial charge in [-0.05, 0) is 31.5 Å². The molecule has 1 unspecified atom stereocenters. The van der Waals surface area contributed by atoms with Crippen molar-refractivity contribution in [3.05, 3.63) is 29.6 Å². The van der Waals surface area contributed by atoms with Crippen molar-refractivity contribution in [2.75, 3.05) is 13.2 Å². The summed E-state index contributed by atoms with van der Waals surface area (Å²) in [5.74, 6) is -0.934. The van der Waals surface area contributed by atoms with Gasteiger partial charge in [0.2, 0.25) is 0 Å². The highest BCUT2D eigenvalue weighted by Gasteiger charge is 2.22. The van der Waals surface area contributed by atoms with E-state index in [-0.39, 0.29) is 18.2 Å². The minimum absolute atomic E-state index is 0.151. The number of aliphatic hydroxyl groups is 1. The maximum absolute atomic E-state index is 10.9. The molecule has 0 saturated carbocycles. The second kappa shape index (κ2) is 5.93. The van der Waals surface area contributed by atoms with E-state index in [1.54, 1.807) is 6.07 Å². The summed E-state index contributed by atoms with van der Waals surface area (Å²) in [6.45, 7) is 1.69. The number of piperidine rings is 1. The molecule has 5 nitrogen and oxygen atoms in total. The summed E-state index contributed by atoms with van der Waals surface area (Å²) in [5, 5.41) is 18.3. The van der Waals surface area contributed by atoms with E-state index in [1.165, 1.54) is 12.3 Å². The topological polar surface area (TPSA) is 73.7 Å². The normalized spacial score (nSPS) is 20.8. The zero-order valence-corrected chi connectivity index (χ0v) is 10.2. The van der Waals surface area contributed by atoms with Crippen LogP contribution in [0, 0.1) is 0 Å². The molecule has 1 aromatic heterocycles. The molecule has 1 atom stereocenters. The molecule has 1 aliphatic rings. The Morgan fingerprint density at radius 3 is 3.06 bits per heavy atom. The molecular weight excluding hydrogens is 232 g/mol. The summed E-state index contributed by atoms with van der Waals surface area (Å²) >= 11 is 0. The fraction of sp³-hybridized carbons (Fsp3) is 0.538. The Morgan fingerprint density at radius 1 is 1.50 bits per heavy atom. The van der Waals surface area contributed by atoms with Crippen LogP contribution >= 0.6 is 0 Å². The highest BCUT2D eigenvalue weighted by molar-refractivity contribution is 5.87. The first-order valence-corrected chi connectivity index (χ1v) is 6.24. The van der Waals surface area contributed by atoms with Crippen LogP contribution in [0.5, 0.6) is 0 Å². The average Bonchev–Trinajstić information content (AvgIpc) is 2.39. The largest absolute Gasteiger partial charge is 0.478 e. The Labute approximate surface area is 106 Å². The van der Waals surface area contributed by atoms with Crippen molar-refractivity contribution in [1.29, 1.82) is 0 Å². The van der Waals surface area contributed by atoms with Crippen molar-refractivity contribution in [3.8, 4) is 0 Å². The molecule has 5 heteroatoms. The SMILES string of the molecule is O=C(O)c1ccnc(CN2CCCCC2CO)c1. The summed E-state index contributed by atoms with van der Waals surface area (Å²) in [6.07, 6.45) is 4.78. The summed E-state index contributed by atoms with van der Waals surface area (Å²) in [7, 11) is 0. The van der Waals surface area contributed by atoms with Crippen LogP contribution in [0.3, 0.4) is 0 Å². The number of aliphatic hydroxyl groups excluding tert-OH is 1. The van der Waals surface area contributed by atoms with E-state index in [0.29, 0.717) is 6.54 Å². The van der Waals surface area contributed by atoms with Gasteiger partial charge in [0.25, 0.3) is 0 Å². The molecule has 0 amide bonds. The lowest BCUT2D eigenvalue weighted by molar-refractivity contribution is 0.0695. The van der Waals surface area contributed by atoms with Crippen molar-refractivity contribution >= 4 is 5.97 Å². The number of carboxylic acids is 1. The van der Waals surface area contributed by atoms with E-state index in [0.717, 1.165) is 31.5 Å². The van der Waals surface area contributed by atoms with Crippen LogP contribution < -0.4 is 0 Å². The first-order valence-electron chi connectivity index (χ1n) is 6.24. The van der Waals surface area contributed by atoms with E-state index in [9.17, 15) is 9.90 Å². The van der Waals surface area contributed by atoms with Crippen molar-refractivity contribution < 1.29 is 15.0 Å². The number of pyridine rings is 1. The van der Waals surface area contributed by atoms with E-state index in [2.05, 4.69) is 9.88 Å². The molecule has 0 spiro atoms. The first-order chi connectivity index (χ1) is 8.70. The minimum Gasteiger partial charge on any atom is -0.478 e. The van der Waals surface area contributed by atoms with Gasteiger partial charge in [-0.2, -0.15) is 0 Å². The molecule has 2 heterocycles. The van der Waals surface area contributed by atoms with Gasteiger partial charge >= 0.3 is 5.97 Å². The summed E-state index contributed by atoms with van der Waals surface area (Å²) < 4.78 is 0. The third-order valence-corrected chi connectivity index (χ3v) is 3.39. The van der Waals surface area contributed by atoms with Crippen molar-refractivity contribution in [2.24, 2.45) is 0 Å². The van der Waals surface area contributed by atoms with Crippen LogP contribution in [0.25, 0.3) is 0 Å². The van der Waals surface area contributed by atoms with Crippen LogP contribution in [-0.2, 0) is 6.54 Å². The maximum atomic E-state index is 10.9. The number of hydrogen-bond donors (Lipinski definition) is 2. The lowest BCUT2D eigenvalue weighted by Gasteiger charge is -2.34. The van der Waals surface area contributed by atoms with Gasteiger partial charge in [-0.3, -0.25) is 9.88 Å². The zero-order valence-electron chi connectivity index (χ0n) is 10.2. The van der Waals surface area contributed by atoms with Crippen LogP contribution in [0.2, 0.25) is 0 Å². The molecule has 1 aromatic rings. The second-order valence-electron chi connectivity index (χ2n) is 4.64. The van der Waals surface area contributed by atoms with Crippen LogP contribution in [-0.4, -0.2) is 45.3 Å². The Morgan fingerprint density at radius 2 is 2.33 bits per heavy atom. The number of rotatable bonds is 4. The summed E-state index contributed by atoms with van der Waals surface area (Å²) in [4.78, 5) is 17.3. The van der Waals surface area contributed by atoms with E-state index >= 15 is 0 Å². The van der Waals surface area contributed by atoms with Crippen LogP contribution in [0.1, 0.15) is 35.3 Å². The fourth-order valence-corrected chi connectivity index (χ4v) is 2.38. The number of carboxylic acid groups (broad SMARTS) is 1. The molecule has 0 bridgehead atoms. The monoisotopic (exact) mass is 250 g/mol. The number of likely N-dealkylation sites (tertiary alicyclic amines) is 1. The molecule has 98 valence electrons. The summed E-state index contributed by atoms with van der Waals surface area (Å²) in [6, 6.07) is 3.27. The Hall–Kier alpha value is -1.46. The van der Waals surface area contributed by atoms with Gasteiger partial charge < -0.3 is 10.2 Å². The lowest BCUT2D eigenvalue weighted by Crippen LogP contribution is -2.41. The highest BCUT2D eigenvalue weighted by Crippen LogP contribution is 2.18. The molecule has 2 N–H and O–H groups in total. The Balaban J connectivity index is 2.07. The van der Waals surface area contributed by atoms with Crippen LogP contribution in [0.15, 0.2) is 18.3 Å². The number of nitrogens with zero attached hydrogens (tertiary/aromatic N) is 2. The van der Waals surface area contributed by atoms with E-state index in [4.69, 9.17) is 5.11 Å². The zero-order chi connectivity index (χ0) is 13.0. The number of carbonyl (C=O) groups is 1. The van der Waals surface area contributed by atoms with E-state index < -0.39 is 5.97 Å². The standard InChI is InChI=1S/C13H18N2O3/c16-9-12-3-1-2-6-15(12)8-11-7-10(13(17)18)4-5-14-11/h4-5,7,12,16H,1-3,6,8-9H2,(H,17,18). The quantitative estimate of drug-likeness (QED) is 0.838. The second-order valence-corrected chi connectivity index (χ2v) is 4.64. The van der Waals surface area contributed by atoms with Crippen LogP contribution in [0.4, 0.5) is 0 Å². The molecule has 1 aliphatic heterocycles. The average molecular weight is 250 g/mol. The fourth-order valence-electron chi connectivity index (χ4n) is 2.38. The Bertz CT molecular complexity index is 422. The van der Waals surface area contributed by atoms with Gasteiger partial charge in [0.1, 0.15) is 0 Å². The third-order valence-electron chi connectivity index (χ3n) is 3.39. The van der Waals surface area contributed by atoms with Gasteiger partial charge in [0, 0.05) is 18.8 Å². The van der Waals surface area contributed by atoms with Gasteiger partial charge in [0.05, 0.1) is 17.9 Å². The van der Waals surface area contributed by atoms with Gasteiger partial charge in [-0.1, -0.05) is 6.42 Å². The van der Waals surface area contributed by atoms with Gasteiger partial charge in [-0.25, -0.2) is 4.79 Å². The number of aromatic carboxylic acids is 1. The molecule has 0 aromatic carbocycles. The predicted octanol–water partition coefficient (Wildman–Crippen LogP) is 1.13. The highest BCUT2D eigenvalue weighted by atomic mass is 16.4. The van der Waals surface area contributed by atoms with Crippen molar-refractivity contribution in [1.82, 2.24) is 9.88 Å². The van der Waals surface area contributed by atoms with Crippen molar-refractivity contribution in [3.63, 3.8) is 0 Å². The Kier molecular flexibility index (Phi) is 4.28. The van der Waals surface area contributed by atoms with Crippen molar-refractivity contribution in [2.45, 2.75) is 31.8 Å². The molecule has 1 fully saturated rings. The third kappa shape index (κ3) is 3.05. The van der Waals surface area contributed by atoms with Gasteiger partial charge in [-0.15, -0.1) is 0 Å². The molecule has 2 rings (SSSR count). The molecule has 18 heavy (non-hydrogen) atoms. The first kappa shape index (κ1) is 13.0. The molecular formula is C13H18N2O3. The van der Waals surface area contributed by atoms with E-state index in [1.807, 2.05) is 0 Å². The number of aromatic nitrogens is 1. The lowest BCUT2D eigenvalue weighted by atomic mass is 10.0. The predicted molar refractivity (Wildman–Crippen MR) is 66.3 cm³/mol. The maximum Gasteiger partial charge on any atom is 0.335 e. The molecule has 0 radical (unpaired) electrons. The number of hydrogen-bond acceptors (Lipinski definition) is 4. The minimum atomic E-state index is -0.934. The molecule has 0 aliphatic carbocycles.